The molecule has 2 aromatic rings. The van der Waals surface area contributed by atoms with Gasteiger partial charge in [0, 0.05) is 17.6 Å². The Labute approximate surface area is 117 Å². The fraction of sp³-hybridized carbons (Fsp3) is 0.500. The Morgan fingerprint density at radius 1 is 1.45 bits per heavy atom. The minimum Gasteiger partial charge on any atom is -0.390 e. The number of fused-ring (bicyclic) bond motifs is 3. The number of aliphatic hydroxyl groups is 1. The lowest BCUT2D eigenvalue weighted by Crippen LogP contribution is -2.41. The molecule has 0 fully saturated rings. The van der Waals surface area contributed by atoms with Gasteiger partial charge in [0.25, 0.3) is 0 Å². The molecule has 3 heterocycles. The molecule has 0 aromatic carbocycles. The summed E-state index contributed by atoms with van der Waals surface area (Å²) in [5.74, 6) is 0.952. The molecular weight excluding hydrogens is 254 g/mol. The zero-order valence-electron chi connectivity index (χ0n) is 11.9. The summed E-state index contributed by atoms with van der Waals surface area (Å²) in [5.41, 5.74) is 2.58. The van der Waals surface area contributed by atoms with E-state index in [4.69, 9.17) is 5.26 Å². The number of nitriles is 1. The topological polar surface area (TPSA) is 77.4 Å². The van der Waals surface area contributed by atoms with Gasteiger partial charge in [-0.15, -0.1) is 0 Å². The van der Waals surface area contributed by atoms with Gasteiger partial charge in [0.15, 0.2) is 5.65 Å². The van der Waals surface area contributed by atoms with E-state index >= 15 is 0 Å². The third-order valence-electron chi connectivity index (χ3n) is 3.72. The number of anilines is 1. The Bertz CT molecular complexity index is 720. The van der Waals surface area contributed by atoms with Crippen molar-refractivity contribution in [1.82, 2.24) is 14.6 Å². The second-order valence-corrected chi connectivity index (χ2v) is 6.00. The van der Waals surface area contributed by atoms with E-state index in [1.165, 1.54) is 6.20 Å². The monoisotopic (exact) mass is 271 g/mol. The van der Waals surface area contributed by atoms with Gasteiger partial charge in [0.2, 0.25) is 0 Å². The quantitative estimate of drug-likeness (QED) is 0.844. The van der Waals surface area contributed by atoms with Gasteiger partial charge in [0.1, 0.15) is 17.5 Å². The van der Waals surface area contributed by atoms with Crippen LogP contribution in [0.15, 0.2) is 6.20 Å². The lowest BCUT2D eigenvalue weighted by atomic mass is 10.1. The second-order valence-electron chi connectivity index (χ2n) is 6.00. The molecule has 0 unspecified atom stereocenters. The molecule has 2 aromatic heterocycles. The molecule has 20 heavy (non-hydrogen) atoms. The van der Waals surface area contributed by atoms with E-state index in [2.05, 4.69) is 41.8 Å². The van der Waals surface area contributed by atoms with Crippen LogP contribution in [0.5, 0.6) is 0 Å². The summed E-state index contributed by atoms with van der Waals surface area (Å²) in [6, 6.07) is 2.10. The van der Waals surface area contributed by atoms with Crippen molar-refractivity contribution >= 4 is 11.5 Å². The Morgan fingerprint density at radius 3 is 2.80 bits per heavy atom. The maximum Gasteiger partial charge on any atom is 0.175 e. The summed E-state index contributed by atoms with van der Waals surface area (Å²) in [4.78, 5) is 6.67. The van der Waals surface area contributed by atoms with Crippen molar-refractivity contribution < 1.29 is 5.11 Å². The third-order valence-corrected chi connectivity index (χ3v) is 3.72. The molecule has 0 saturated heterocycles. The van der Waals surface area contributed by atoms with Gasteiger partial charge in [0.05, 0.1) is 18.5 Å². The van der Waals surface area contributed by atoms with Crippen molar-refractivity contribution in [1.29, 1.82) is 5.26 Å². The molecule has 6 heteroatoms. The van der Waals surface area contributed by atoms with Crippen molar-refractivity contribution in [3.8, 4) is 6.07 Å². The first-order valence-electron chi connectivity index (χ1n) is 6.65. The SMILES string of the molecule is CC(C)(C)N1CCc2c(CO)nc3c(C#N)cnn3c21. The standard InChI is InChI=1S/C14H17N5O/c1-14(2,3)18-5-4-10-11(8-20)17-12-9(6-15)7-16-19(12)13(10)18/h7,20H,4-5,8H2,1-3H3. The minimum atomic E-state index is -0.118. The largest absolute Gasteiger partial charge is 0.390 e. The van der Waals surface area contributed by atoms with Crippen molar-refractivity contribution in [2.45, 2.75) is 39.3 Å². The number of nitrogens with zero attached hydrogens (tertiary/aromatic N) is 5. The molecule has 0 saturated carbocycles. The average molecular weight is 271 g/mol. The van der Waals surface area contributed by atoms with E-state index in [-0.39, 0.29) is 12.1 Å². The van der Waals surface area contributed by atoms with Crippen LogP contribution < -0.4 is 4.90 Å². The predicted molar refractivity (Wildman–Crippen MR) is 74.4 cm³/mol. The van der Waals surface area contributed by atoms with Gasteiger partial charge >= 0.3 is 0 Å². The number of hydrogen-bond acceptors (Lipinski definition) is 5. The molecule has 0 atom stereocenters. The summed E-state index contributed by atoms with van der Waals surface area (Å²) >= 11 is 0. The van der Waals surface area contributed by atoms with E-state index < -0.39 is 0 Å². The normalized spacial score (nSPS) is 14.7. The molecule has 0 spiro atoms. The maximum absolute atomic E-state index is 9.56. The van der Waals surface area contributed by atoms with Crippen LogP contribution in [0.1, 0.15) is 37.6 Å². The first-order valence-corrected chi connectivity index (χ1v) is 6.65. The fourth-order valence-corrected chi connectivity index (χ4v) is 2.78. The zero-order valence-corrected chi connectivity index (χ0v) is 11.9. The number of aromatic nitrogens is 3. The van der Waals surface area contributed by atoms with E-state index in [1.54, 1.807) is 4.52 Å². The highest BCUT2D eigenvalue weighted by atomic mass is 16.3. The van der Waals surface area contributed by atoms with Crippen molar-refractivity contribution in [2.24, 2.45) is 0 Å². The number of rotatable bonds is 1. The predicted octanol–water partition coefficient (Wildman–Crippen LogP) is 1.25. The van der Waals surface area contributed by atoms with Gasteiger partial charge in [-0.05, 0) is 27.2 Å². The van der Waals surface area contributed by atoms with Gasteiger partial charge in [-0.2, -0.15) is 14.9 Å². The number of aliphatic hydroxyl groups excluding tert-OH is 1. The molecule has 1 aliphatic heterocycles. The first-order chi connectivity index (χ1) is 9.47. The fourth-order valence-electron chi connectivity index (χ4n) is 2.78. The van der Waals surface area contributed by atoms with E-state index in [0.29, 0.717) is 16.9 Å². The summed E-state index contributed by atoms with van der Waals surface area (Å²) in [5, 5.41) is 23.0. The number of hydrogen-bond donors (Lipinski definition) is 1. The third kappa shape index (κ3) is 1.67. The second kappa shape index (κ2) is 4.18. The molecule has 1 aliphatic rings. The van der Waals surface area contributed by atoms with Crippen molar-refractivity contribution in [3.05, 3.63) is 23.0 Å². The van der Waals surface area contributed by atoms with Crippen molar-refractivity contribution in [3.63, 3.8) is 0 Å². The Hall–Kier alpha value is -2.13. The molecular formula is C14H17N5O. The van der Waals surface area contributed by atoms with Crippen molar-refractivity contribution in [2.75, 3.05) is 11.4 Å². The van der Waals surface area contributed by atoms with Crippen LogP contribution in [0.25, 0.3) is 5.65 Å². The van der Waals surface area contributed by atoms with Crippen LogP contribution in [0.3, 0.4) is 0 Å². The molecule has 104 valence electrons. The smallest absolute Gasteiger partial charge is 0.175 e. The lowest BCUT2D eigenvalue weighted by molar-refractivity contribution is 0.276. The van der Waals surface area contributed by atoms with Gasteiger partial charge in [-0.1, -0.05) is 0 Å². The Kier molecular flexibility index (Phi) is 2.69. The lowest BCUT2D eigenvalue weighted by Gasteiger charge is -2.34. The maximum atomic E-state index is 9.56. The van der Waals surface area contributed by atoms with E-state index in [0.717, 1.165) is 24.3 Å². The van der Waals surface area contributed by atoms with Crippen LogP contribution >= 0.6 is 0 Å². The zero-order chi connectivity index (χ0) is 14.5. The minimum absolute atomic E-state index is 0.0506. The summed E-state index contributed by atoms with van der Waals surface area (Å²) in [7, 11) is 0. The molecule has 3 rings (SSSR count). The molecule has 0 radical (unpaired) electrons. The Balaban J connectivity index is 2.35. The summed E-state index contributed by atoms with van der Waals surface area (Å²) in [6.45, 7) is 7.17. The summed E-state index contributed by atoms with van der Waals surface area (Å²) in [6.07, 6.45) is 2.37. The molecule has 0 bridgehead atoms. The molecule has 6 nitrogen and oxygen atoms in total. The average Bonchev–Trinajstić information content (AvgIpc) is 2.99. The van der Waals surface area contributed by atoms with Gasteiger partial charge in [-0.25, -0.2) is 4.98 Å². The van der Waals surface area contributed by atoms with Crippen LogP contribution in [0.2, 0.25) is 0 Å². The van der Waals surface area contributed by atoms with E-state index in [1.807, 2.05) is 0 Å². The highest BCUT2D eigenvalue weighted by molar-refractivity contribution is 5.65. The van der Waals surface area contributed by atoms with Crippen LogP contribution in [-0.4, -0.2) is 31.8 Å². The van der Waals surface area contributed by atoms with E-state index in [9.17, 15) is 5.11 Å². The van der Waals surface area contributed by atoms with Crippen LogP contribution in [0.4, 0.5) is 5.82 Å². The molecule has 0 aliphatic carbocycles. The molecule has 1 N–H and O–H groups in total. The van der Waals surface area contributed by atoms with Crippen LogP contribution in [-0.2, 0) is 13.0 Å². The Morgan fingerprint density at radius 2 is 2.20 bits per heavy atom. The summed E-state index contributed by atoms with van der Waals surface area (Å²) < 4.78 is 1.73. The first kappa shape index (κ1) is 12.9. The highest BCUT2D eigenvalue weighted by Gasteiger charge is 2.33. The highest BCUT2D eigenvalue weighted by Crippen LogP contribution is 2.35. The van der Waals surface area contributed by atoms with Crippen LogP contribution in [0, 0.1) is 11.3 Å². The van der Waals surface area contributed by atoms with Gasteiger partial charge < -0.3 is 10.0 Å². The molecule has 0 amide bonds. The van der Waals surface area contributed by atoms with Gasteiger partial charge in [-0.3, -0.25) is 0 Å².